The van der Waals surface area contributed by atoms with Crippen LogP contribution in [0.15, 0.2) is 53.3 Å². The lowest BCUT2D eigenvalue weighted by molar-refractivity contribution is -0.134. The Balaban J connectivity index is 1.47. The zero-order valence-electron chi connectivity index (χ0n) is 27.1. The number of benzene rings is 2. The number of aromatic amines is 1. The number of amides is 2. The third-order valence-electron chi connectivity index (χ3n) is 9.61. The summed E-state index contributed by atoms with van der Waals surface area (Å²) in [5, 5.41) is 15.7. The molecule has 2 amide bonds. The largest absolute Gasteiger partial charge is 0.445 e. The summed E-state index contributed by atoms with van der Waals surface area (Å²) in [5.41, 5.74) is 2.09. The number of rotatable bonds is 13. The zero-order valence-corrected chi connectivity index (χ0v) is 28.6. The van der Waals surface area contributed by atoms with Gasteiger partial charge in [-0.25, -0.2) is 4.79 Å². The Hall–Kier alpha value is -3.89. The number of nitrogens with zero attached hydrogens (tertiary/aromatic N) is 2. The second-order valence-corrected chi connectivity index (χ2v) is 13.4. The summed E-state index contributed by atoms with van der Waals surface area (Å²) in [6.07, 6.45) is 3.06. The van der Waals surface area contributed by atoms with Gasteiger partial charge in [0.25, 0.3) is 0 Å². The van der Waals surface area contributed by atoms with Crippen molar-refractivity contribution in [3.8, 4) is 0 Å². The molecule has 0 spiro atoms. The highest BCUT2D eigenvalue weighted by Gasteiger charge is 2.46. The van der Waals surface area contributed by atoms with Crippen molar-refractivity contribution in [3.05, 3.63) is 81.6 Å². The first-order valence-corrected chi connectivity index (χ1v) is 16.9. The molecule has 5 rings (SSSR count). The monoisotopic (exact) mass is 681 g/mol. The fourth-order valence-electron chi connectivity index (χ4n) is 6.35. The van der Waals surface area contributed by atoms with Crippen LogP contribution in [0.1, 0.15) is 82.0 Å². The number of carbonyl (C=O) groups excluding carboxylic acids is 3. The number of H-pyrrole nitrogens is 1. The number of hydrogen-bond acceptors (Lipinski definition) is 7. The average molecular weight is 683 g/mol. The minimum Gasteiger partial charge on any atom is -0.445 e. The van der Waals surface area contributed by atoms with Crippen molar-refractivity contribution in [3.63, 3.8) is 0 Å². The first-order chi connectivity index (χ1) is 22.5. The Morgan fingerprint density at radius 1 is 1.09 bits per heavy atom. The lowest BCUT2D eigenvalue weighted by atomic mass is 9.73. The molecule has 2 aromatic heterocycles. The number of halogens is 2. The predicted octanol–water partition coefficient (Wildman–Crippen LogP) is 7.33. The van der Waals surface area contributed by atoms with Crippen molar-refractivity contribution in [2.45, 2.75) is 90.3 Å². The molecule has 0 aliphatic heterocycles. The average Bonchev–Trinajstić information content (AvgIpc) is 3.73. The number of nitrogens with one attached hydrogen (secondary N) is 3. The summed E-state index contributed by atoms with van der Waals surface area (Å²) in [6.45, 7) is 7.97. The second-order valence-electron chi connectivity index (χ2n) is 12.6. The van der Waals surface area contributed by atoms with Gasteiger partial charge in [-0.1, -0.05) is 94.1 Å². The quantitative estimate of drug-likeness (QED) is 0.134. The maximum Gasteiger partial charge on any atom is 0.408 e. The highest BCUT2D eigenvalue weighted by molar-refractivity contribution is 6.38. The number of ether oxygens (including phenoxy) is 1. The number of aryl methyl sites for hydroxylation is 1. The summed E-state index contributed by atoms with van der Waals surface area (Å²) in [6, 6.07) is 11.9. The van der Waals surface area contributed by atoms with Gasteiger partial charge in [0.1, 0.15) is 18.2 Å². The summed E-state index contributed by atoms with van der Waals surface area (Å²) >= 11 is 13.0. The molecular formula is C35H41Cl2N5O5. The lowest BCUT2D eigenvalue weighted by Crippen LogP contribution is -2.62. The molecule has 250 valence electrons. The summed E-state index contributed by atoms with van der Waals surface area (Å²) in [4.78, 5) is 45.2. The van der Waals surface area contributed by atoms with Crippen LogP contribution in [0.2, 0.25) is 10.0 Å². The highest BCUT2D eigenvalue weighted by Crippen LogP contribution is 2.40. The van der Waals surface area contributed by atoms with E-state index in [1.165, 1.54) is 6.39 Å². The molecule has 0 saturated heterocycles. The van der Waals surface area contributed by atoms with Gasteiger partial charge in [0.05, 0.1) is 10.5 Å². The third-order valence-corrected chi connectivity index (χ3v) is 10.1. The molecule has 0 bridgehead atoms. The van der Waals surface area contributed by atoms with Gasteiger partial charge < -0.3 is 24.8 Å². The van der Waals surface area contributed by atoms with E-state index in [1.54, 1.807) is 6.07 Å². The second kappa shape index (κ2) is 14.9. The SMILES string of the molecule is CCC(C)[C@H](NC(=O)OCc1ccccc1)C(=O)N[C@]1(C(=O)C[C@H](c2nnco2)C(C)CC)CCc2[nH]c3c(Cl)cc(Cl)cc3c2C1. The van der Waals surface area contributed by atoms with E-state index in [2.05, 4.69) is 25.8 Å². The number of hydrogen-bond donors (Lipinski definition) is 3. The fraction of sp³-hybridized carbons (Fsp3) is 0.457. The Bertz CT molecular complexity index is 1710. The molecule has 4 aromatic rings. The van der Waals surface area contributed by atoms with Crippen LogP contribution in [0.25, 0.3) is 10.9 Å². The number of carbonyl (C=O) groups is 3. The van der Waals surface area contributed by atoms with E-state index < -0.39 is 23.6 Å². The smallest absolute Gasteiger partial charge is 0.408 e. The van der Waals surface area contributed by atoms with Gasteiger partial charge in [0, 0.05) is 34.9 Å². The molecule has 1 aliphatic rings. The molecule has 2 heterocycles. The first kappa shape index (κ1) is 34.4. The van der Waals surface area contributed by atoms with Gasteiger partial charge in [-0.05, 0) is 47.9 Å². The van der Waals surface area contributed by atoms with Gasteiger partial charge in [-0.2, -0.15) is 0 Å². The fourth-order valence-corrected chi connectivity index (χ4v) is 6.89. The van der Waals surface area contributed by atoms with E-state index in [4.69, 9.17) is 32.4 Å². The maximum atomic E-state index is 14.6. The predicted molar refractivity (Wildman–Crippen MR) is 180 cm³/mol. The standard InChI is InChI=1S/C35H41Cl2N5O5/c1-5-20(3)24(33-42-38-19-47-33)16-29(43)35(13-12-28-26(17-35)25-14-23(36)15-27(37)31(25)39-28)41-32(44)30(21(4)6-2)40-34(45)46-18-22-10-8-7-9-11-22/h7-11,14-15,19-21,24,30,39H,5-6,12-13,16-18H2,1-4H3,(H,40,45)(H,41,44)/t20?,21?,24-,30-,35+/m0/s1. The third kappa shape index (κ3) is 7.65. The van der Waals surface area contributed by atoms with Crippen LogP contribution in [0, 0.1) is 11.8 Å². The maximum absolute atomic E-state index is 14.6. The molecule has 0 fully saturated rings. The number of Topliss-reactive ketones (excluding diaryl/α,β-unsaturated/α-hetero) is 1. The van der Waals surface area contributed by atoms with Crippen LogP contribution in [0.4, 0.5) is 4.79 Å². The minimum absolute atomic E-state index is 0.0606. The lowest BCUT2D eigenvalue weighted by Gasteiger charge is -2.39. The number of ketones is 1. The molecular weight excluding hydrogens is 641 g/mol. The number of fused-ring (bicyclic) bond motifs is 3. The molecule has 0 radical (unpaired) electrons. The molecule has 3 N–H and O–H groups in total. The Morgan fingerprint density at radius 2 is 1.83 bits per heavy atom. The van der Waals surface area contributed by atoms with Crippen LogP contribution in [0.5, 0.6) is 0 Å². The Morgan fingerprint density at radius 3 is 2.51 bits per heavy atom. The van der Waals surface area contributed by atoms with Gasteiger partial charge >= 0.3 is 6.09 Å². The Labute approximate surface area is 284 Å². The van der Waals surface area contributed by atoms with Crippen LogP contribution < -0.4 is 10.6 Å². The molecule has 0 saturated carbocycles. The zero-order chi connectivity index (χ0) is 33.7. The van der Waals surface area contributed by atoms with Gasteiger partial charge in [-0.15, -0.1) is 10.2 Å². The van der Waals surface area contributed by atoms with Crippen LogP contribution in [-0.4, -0.2) is 44.5 Å². The van der Waals surface area contributed by atoms with Crippen molar-refractivity contribution in [1.82, 2.24) is 25.8 Å². The molecule has 1 aliphatic carbocycles. The molecule has 10 nitrogen and oxygen atoms in total. The normalized spacial score (nSPS) is 18.5. The summed E-state index contributed by atoms with van der Waals surface area (Å²) in [5.74, 6) is -0.753. The van der Waals surface area contributed by atoms with Crippen molar-refractivity contribution >= 4 is 51.9 Å². The van der Waals surface area contributed by atoms with E-state index in [-0.39, 0.29) is 43.0 Å². The molecule has 5 atom stereocenters. The summed E-state index contributed by atoms with van der Waals surface area (Å²) < 4.78 is 11.0. The first-order valence-electron chi connectivity index (χ1n) is 16.1. The van der Waals surface area contributed by atoms with Crippen molar-refractivity contribution in [2.24, 2.45) is 11.8 Å². The highest BCUT2D eigenvalue weighted by atomic mass is 35.5. The number of aromatic nitrogens is 3. The van der Waals surface area contributed by atoms with Gasteiger partial charge in [0.2, 0.25) is 18.2 Å². The molecule has 12 heteroatoms. The van der Waals surface area contributed by atoms with Crippen molar-refractivity contribution in [2.75, 3.05) is 0 Å². The van der Waals surface area contributed by atoms with E-state index in [1.807, 2.05) is 64.1 Å². The molecule has 2 unspecified atom stereocenters. The van der Waals surface area contributed by atoms with Gasteiger partial charge in [-0.3, -0.25) is 9.59 Å². The van der Waals surface area contributed by atoms with E-state index in [0.717, 1.165) is 34.1 Å². The molecule has 2 aromatic carbocycles. The van der Waals surface area contributed by atoms with Crippen molar-refractivity contribution < 1.29 is 23.5 Å². The van der Waals surface area contributed by atoms with E-state index >= 15 is 0 Å². The van der Waals surface area contributed by atoms with Crippen molar-refractivity contribution in [1.29, 1.82) is 0 Å². The number of alkyl carbamates (subject to hydrolysis) is 1. The Kier molecular flexibility index (Phi) is 10.9. The van der Waals surface area contributed by atoms with E-state index in [9.17, 15) is 14.4 Å². The topological polar surface area (TPSA) is 139 Å². The van der Waals surface area contributed by atoms with Crippen LogP contribution in [-0.2, 0) is 33.8 Å². The van der Waals surface area contributed by atoms with Crippen LogP contribution >= 0.6 is 23.2 Å². The summed E-state index contributed by atoms with van der Waals surface area (Å²) in [7, 11) is 0. The van der Waals surface area contributed by atoms with Gasteiger partial charge in [0.15, 0.2) is 5.78 Å². The van der Waals surface area contributed by atoms with E-state index in [0.29, 0.717) is 35.2 Å². The van der Waals surface area contributed by atoms with Crippen LogP contribution in [0.3, 0.4) is 0 Å². The minimum atomic E-state index is -1.29. The molecule has 47 heavy (non-hydrogen) atoms.